The van der Waals surface area contributed by atoms with Crippen molar-refractivity contribution >= 4 is 30.2 Å². The molecule has 38 heavy (non-hydrogen) atoms. The molecule has 3 aromatic carbocycles. The minimum Gasteiger partial charge on any atom is -0.484 e. The highest BCUT2D eigenvalue weighted by Crippen LogP contribution is 2.18. The summed E-state index contributed by atoms with van der Waals surface area (Å²) < 4.78 is 5.68. The maximum Gasteiger partial charge on any atom is 0.258 e. The van der Waals surface area contributed by atoms with Gasteiger partial charge in [0, 0.05) is 18.0 Å². The zero-order valence-electron chi connectivity index (χ0n) is 20.7. The van der Waals surface area contributed by atoms with Gasteiger partial charge in [-0.05, 0) is 34.9 Å². The van der Waals surface area contributed by atoms with E-state index in [1.165, 1.54) is 6.21 Å². The summed E-state index contributed by atoms with van der Waals surface area (Å²) in [5.41, 5.74) is 6.21. The Hall–Kier alpha value is -5.04. The van der Waals surface area contributed by atoms with Crippen molar-refractivity contribution in [3.8, 4) is 5.75 Å². The lowest BCUT2D eigenvalue weighted by Gasteiger charge is -2.18. The Bertz CT molecular complexity index is 1360. The molecule has 0 aliphatic heterocycles. The monoisotopic (exact) mass is 504 g/mol. The summed E-state index contributed by atoms with van der Waals surface area (Å²) in [6.45, 7) is -0.177. The second-order valence-corrected chi connectivity index (χ2v) is 8.42. The molecular weight excluding hydrogens is 476 g/mol. The Morgan fingerprint density at radius 2 is 1.45 bits per heavy atom. The molecule has 7 heteroatoms. The standard InChI is InChI=1S/C31H28N4O3/c36-30(35-33-22-26-10-7-19-32-21-26)20-29(27-11-5-2-6-12-27)34-31(37)23-38-28-17-15-25(16-18-28)14-13-24-8-3-1-4-9-24/h1-19,21-22,29H,20,23H2,(H,34,37)(H,35,36)/b14-13+,33-22+. The molecule has 4 rings (SSSR count). The molecule has 1 atom stereocenters. The van der Waals surface area contributed by atoms with Crippen molar-refractivity contribution in [1.82, 2.24) is 15.7 Å². The molecule has 1 heterocycles. The van der Waals surface area contributed by atoms with Gasteiger partial charge in [0.25, 0.3) is 5.91 Å². The highest BCUT2D eigenvalue weighted by atomic mass is 16.5. The first-order valence-corrected chi connectivity index (χ1v) is 12.2. The highest BCUT2D eigenvalue weighted by Gasteiger charge is 2.18. The minimum atomic E-state index is -0.536. The van der Waals surface area contributed by atoms with E-state index < -0.39 is 6.04 Å². The van der Waals surface area contributed by atoms with Crippen LogP contribution in [0.3, 0.4) is 0 Å². The first-order chi connectivity index (χ1) is 18.7. The van der Waals surface area contributed by atoms with Gasteiger partial charge < -0.3 is 10.1 Å². The van der Waals surface area contributed by atoms with Crippen LogP contribution in [0.15, 0.2) is 115 Å². The molecule has 190 valence electrons. The summed E-state index contributed by atoms with van der Waals surface area (Å²) in [5, 5.41) is 6.87. The van der Waals surface area contributed by atoms with Crippen molar-refractivity contribution < 1.29 is 14.3 Å². The van der Waals surface area contributed by atoms with Crippen LogP contribution in [-0.4, -0.2) is 29.6 Å². The van der Waals surface area contributed by atoms with E-state index in [2.05, 4.69) is 20.8 Å². The Morgan fingerprint density at radius 1 is 0.789 bits per heavy atom. The first-order valence-electron chi connectivity index (χ1n) is 12.2. The van der Waals surface area contributed by atoms with Gasteiger partial charge in [-0.25, -0.2) is 5.43 Å². The Labute approximate surface area is 221 Å². The summed E-state index contributed by atoms with van der Waals surface area (Å²) in [7, 11) is 0. The molecule has 0 aliphatic rings. The van der Waals surface area contributed by atoms with E-state index in [1.54, 1.807) is 18.5 Å². The lowest BCUT2D eigenvalue weighted by atomic mass is 10.0. The zero-order chi connectivity index (χ0) is 26.4. The summed E-state index contributed by atoms with van der Waals surface area (Å²) in [4.78, 5) is 29.2. The molecule has 1 unspecified atom stereocenters. The van der Waals surface area contributed by atoms with E-state index in [4.69, 9.17) is 4.74 Å². The van der Waals surface area contributed by atoms with Crippen LogP contribution < -0.4 is 15.5 Å². The Balaban J connectivity index is 1.30. The molecule has 0 aliphatic carbocycles. The highest BCUT2D eigenvalue weighted by molar-refractivity contribution is 5.83. The van der Waals surface area contributed by atoms with E-state index in [-0.39, 0.29) is 24.8 Å². The number of amides is 2. The Kier molecular flexibility index (Phi) is 9.52. The van der Waals surface area contributed by atoms with Crippen molar-refractivity contribution in [2.75, 3.05) is 6.61 Å². The number of benzene rings is 3. The number of nitrogens with one attached hydrogen (secondary N) is 2. The van der Waals surface area contributed by atoms with Crippen molar-refractivity contribution in [3.63, 3.8) is 0 Å². The molecule has 0 bridgehead atoms. The van der Waals surface area contributed by atoms with Gasteiger partial charge in [0.2, 0.25) is 5.91 Å². The fourth-order valence-corrected chi connectivity index (χ4v) is 3.62. The normalized spacial score (nSPS) is 11.8. The zero-order valence-corrected chi connectivity index (χ0v) is 20.7. The third kappa shape index (κ3) is 8.57. The summed E-state index contributed by atoms with van der Waals surface area (Å²) in [5.74, 6) is -0.0892. The molecule has 4 aromatic rings. The van der Waals surface area contributed by atoms with Crippen LogP contribution in [0.4, 0.5) is 0 Å². The smallest absolute Gasteiger partial charge is 0.258 e. The minimum absolute atomic E-state index is 0.0164. The van der Waals surface area contributed by atoms with E-state index in [0.717, 1.165) is 22.3 Å². The number of hydrogen-bond donors (Lipinski definition) is 2. The SMILES string of the molecule is O=C(CC(NC(=O)COc1ccc(/C=C/c2ccccc2)cc1)c1ccccc1)N/N=C/c1cccnc1. The number of carbonyl (C=O) groups is 2. The molecule has 0 spiro atoms. The molecule has 0 saturated carbocycles. The second kappa shape index (κ2) is 13.9. The number of hydrazone groups is 1. The predicted octanol–water partition coefficient (Wildman–Crippen LogP) is 5.03. The topological polar surface area (TPSA) is 92.7 Å². The van der Waals surface area contributed by atoms with Gasteiger partial charge >= 0.3 is 0 Å². The van der Waals surface area contributed by atoms with Crippen molar-refractivity contribution in [3.05, 3.63) is 132 Å². The number of pyridine rings is 1. The molecule has 2 N–H and O–H groups in total. The molecule has 0 fully saturated rings. The quantitative estimate of drug-likeness (QED) is 0.170. The summed E-state index contributed by atoms with van der Waals surface area (Å²) >= 11 is 0. The molecule has 2 amide bonds. The van der Waals surface area contributed by atoms with Crippen LogP contribution in [0.1, 0.15) is 34.7 Å². The van der Waals surface area contributed by atoms with Crippen LogP contribution in [0.5, 0.6) is 5.75 Å². The Morgan fingerprint density at radius 3 is 2.13 bits per heavy atom. The van der Waals surface area contributed by atoms with Gasteiger partial charge in [0.15, 0.2) is 6.61 Å². The van der Waals surface area contributed by atoms with E-state index in [1.807, 2.05) is 103 Å². The largest absolute Gasteiger partial charge is 0.484 e. The van der Waals surface area contributed by atoms with Crippen LogP contribution in [0.2, 0.25) is 0 Å². The van der Waals surface area contributed by atoms with Crippen LogP contribution >= 0.6 is 0 Å². The van der Waals surface area contributed by atoms with Gasteiger partial charge in [-0.1, -0.05) is 91.0 Å². The molecule has 0 saturated heterocycles. The average Bonchev–Trinajstić information content (AvgIpc) is 2.97. The van der Waals surface area contributed by atoms with Crippen LogP contribution in [0.25, 0.3) is 12.2 Å². The third-order valence-electron chi connectivity index (χ3n) is 5.53. The molecule has 0 radical (unpaired) electrons. The number of rotatable bonds is 11. The van der Waals surface area contributed by atoms with Gasteiger partial charge in [-0.2, -0.15) is 5.10 Å². The van der Waals surface area contributed by atoms with Gasteiger partial charge in [-0.15, -0.1) is 0 Å². The van der Waals surface area contributed by atoms with E-state index >= 15 is 0 Å². The second-order valence-electron chi connectivity index (χ2n) is 8.42. The summed E-state index contributed by atoms with van der Waals surface area (Å²) in [6.07, 6.45) is 8.87. The number of carbonyl (C=O) groups excluding carboxylic acids is 2. The van der Waals surface area contributed by atoms with Crippen molar-refractivity contribution in [2.24, 2.45) is 5.10 Å². The first kappa shape index (κ1) is 26.0. The maximum absolute atomic E-state index is 12.7. The fourth-order valence-electron chi connectivity index (χ4n) is 3.62. The molecule has 7 nitrogen and oxygen atoms in total. The third-order valence-corrected chi connectivity index (χ3v) is 5.53. The lowest BCUT2D eigenvalue weighted by Crippen LogP contribution is -2.35. The summed E-state index contributed by atoms with van der Waals surface area (Å²) in [6, 6.07) is 29.9. The van der Waals surface area contributed by atoms with E-state index in [9.17, 15) is 9.59 Å². The van der Waals surface area contributed by atoms with Gasteiger partial charge in [0.1, 0.15) is 5.75 Å². The number of ether oxygens (including phenoxy) is 1. The van der Waals surface area contributed by atoms with Crippen LogP contribution in [-0.2, 0) is 9.59 Å². The fraction of sp³-hybridized carbons (Fsp3) is 0.0968. The lowest BCUT2D eigenvalue weighted by molar-refractivity contribution is -0.125. The molecule has 1 aromatic heterocycles. The van der Waals surface area contributed by atoms with Crippen LogP contribution in [0, 0.1) is 0 Å². The van der Waals surface area contributed by atoms with Crippen molar-refractivity contribution in [1.29, 1.82) is 0 Å². The van der Waals surface area contributed by atoms with Gasteiger partial charge in [0.05, 0.1) is 18.7 Å². The van der Waals surface area contributed by atoms with Crippen molar-refractivity contribution in [2.45, 2.75) is 12.5 Å². The molecular formula is C31H28N4O3. The average molecular weight is 505 g/mol. The number of hydrogen-bond acceptors (Lipinski definition) is 5. The maximum atomic E-state index is 12.7. The number of nitrogens with zero attached hydrogens (tertiary/aromatic N) is 2. The van der Waals surface area contributed by atoms with Gasteiger partial charge in [-0.3, -0.25) is 14.6 Å². The number of aromatic nitrogens is 1. The predicted molar refractivity (Wildman–Crippen MR) is 149 cm³/mol. The van der Waals surface area contributed by atoms with E-state index in [0.29, 0.717) is 5.75 Å².